The minimum atomic E-state index is -0.124. The Morgan fingerprint density at radius 1 is 1.11 bits per heavy atom. The lowest BCUT2D eigenvalue weighted by atomic mass is 10.2. The van der Waals surface area contributed by atoms with E-state index in [0.717, 1.165) is 0 Å². The number of rotatable bonds is 2. The number of amides is 1. The molecule has 1 amide bonds. The Labute approximate surface area is 113 Å². The predicted octanol–water partition coefficient (Wildman–Crippen LogP) is 4.45. The van der Waals surface area contributed by atoms with Crippen LogP contribution in [0.25, 0.3) is 0 Å². The summed E-state index contributed by atoms with van der Waals surface area (Å²) in [7, 11) is 0. The van der Waals surface area contributed by atoms with Crippen molar-refractivity contribution in [1.29, 1.82) is 0 Å². The van der Waals surface area contributed by atoms with E-state index in [0.29, 0.717) is 10.7 Å². The molecule has 0 spiro atoms. The summed E-state index contributed by atoms with van der Waals surface area (Å²) >= 11 is 1.40. The van der Waals surface area contributed by atoms with E-state index >= 15 is 0 Å². The molecule has 1 aromatic heterocycles. The maximum Gasteiger partial charge on any atom is 0.257 e. The fourth-order valence-electron chi connectivity index (χ4n) is 1.04. The van der Waals surface area contributed by atoms with Crippen LogP contribution in [0, 0.1) is 0 Å². The molecule has 1 aromatic carbocycles. The number of hydrogen-bond acceptors (Lipinski definition) is 3. The Morgan fingerprint density at radius 2 is 1.72 bits per heavy atom. The molecule has 0 aliphatic carbocycles. The zero-order valence-electron chi connectivity index (χ0n) is 11.3. The van der Waals surface area contributed by atoms with Crippen molar-refractivity contribution in [2.45, 2.75) is 27.7 Å². The number of thiazole rings is 1. The van der Waals surface area contributed by atoms with Gasteiger partial charge < -0.3 is 0 Å². The van der Waals surface area contributed by atoms with Crippen molar-refractivity contribution in [2.24, 2.45) is 0 Å². The number of carbonyl (C=O) groups is 1. The van der Waals surface area contributed by atoms with Crippen LogP contribution in [0.4, 0.5) is 5.13 Å². The van der Waals surface area contributed by atoms with E-state index in [1.165, 1.54) is 11.3 Å². The molecule has 0 unspecified atom stereocenters. The number of nitrogens with one attached hydrogen (secondary N) is 1. The van der Waals surface area contributed by atoms with Crippen molar-refractivity contribution >= 4 is 22.4 Å². The molecule has 1 heterocycles. The number of hydrogen-bond donors (Lipinski definition) is 1. The van der Waals surface area contributed by atoms with Crippen LogP contribution in [0.2, 0.25) is 0 Å². The van der Waals surface area contributed by atoms with Gasteiger partial charge in [0, 0.05) is 17.1 Å². The van der Waals surface area contributed by atoms with E-state index in [-0.39, 0.29) is 5.91 Å². The van der Waals surface area contributed by atoms with E-state index in [1.807, 2.05) is 51.3 Å². The third kappa shape index (κ3) is 5.59. The zero-order valence-corrected chi connectivity index (χ0v) is 12.1. The van der Waals surface area contributed by atoms with Gasteiger partial charge in [-0.2, -0.15) is 0 Å². The molecule has 0 aliphatic rings. The molecular weight excluding hydrogens is 244 g/mol. The second-order valence-corrected chi connectivity index (χ2v) is 3.55. The summed E-state index contributed by atoms with van der Waals surface area (Å²) < 4.78 is 0. The smallest absolute Gasteiger partial charge is 0.257 e. The molecule has 18 heavy (non-hydrogen) atoms. The van der Waals surface area contributed by atoms with Gasteiger partial charge in [0.15, 0.2) is 5.13 Å². The highest BCUT2D eigenvalue weighted by Gasteiger charge is 2.05. The fraction of sp³-hybridized carbons (Fsp3) is 0.286. The molecule has 0 radical (unpaired) electrons. The molecule has 3 nitrogen and oxygen atoms in total. The fourth-order valence-corrected chi connectivity index (χ4v) is 1.57. The Balaban J connectivity index is 0.000000659. The molecule has 0 bridgehead atoms. The van der Waals surface area contributed by atoms with Crippen molar-refractivity contribution in [3.8, 4) is 0 Å². The van der Waals surface area contributed by atoms with Crippen molar-refractivity contribution in [1.82, 2.24) is 4.98 Å². The van der Waals surface area contributed by atoms with Gasteiger partial charge >= 0.3 is 0 Å². The van der Waals surface area contributed by atoms with Crippen molar-refractivity contribution in [3.05, 3.63) is 47.5 Å². The number of aromatic nitrogens is 1. The molecule has 0 atom stereocenters. The van der Waals surface area contributed by atoms with Gasteiger partial charge in [-0.05, 0) is 12.1 Å². The first-order chi connectivity index (χ1) is 8.86. The summed E-state index contributed by atoms with van der Waals surface area (Å²) in [6.07, 6.45) is 1.66. The molecule has 2 aromatic rings. The molecule has 0 fully saturated rings. The molecule has 2 rings (SSSR count). The third-order valence-corrected chi connectivity index (χ3v) is 2.38. The van der Waals surface area contributed by atoms with Crippen LogP contribution in [0.15, 0.2) is 41.9 Å². The van der Waals surface area contributed by atoms with E-state index in [2.05, 4.69) is 10.3 Å². The average Bonchev–Trinajstić information content (AvgIpc) is 2.97. The molecule has 1 N–H and O–H groups in total. The minimum absolute atomic E-state index is 0.124. The monoisotopic (exact) mass is 264 g/mol. The normalized spacial score (nSPS) is 8.22. The first-order valence-electron chi connectivity index (χ1n) is 6.12. The van der Waals surface area contributed by atoms with Crippen molar-refractivity contribution in [3.63, 3.8) is 0 Å². The van der Waals surface area contributed by atoms with E-state index in [4.69, 9.17) is 0 Å². The lowest BCUT2D eigenvalue weighted by Crippen LogP contribution is -2.11. The first kappa shape index (κ1) is 16.3. The van der Waals surface area contributed by atoms with E-state index < -0.39 is 0 Å². The predicted molar refractivity (Wildman–Crippen MR) is 79.2 cm³/mol. The molecule has 0 aliphatic heterocycles. The second-order valence-electron chi connectivity index (χ2n) is 2.66. The average molecular weight is 264 g/mol. The molecule has 0 saturated carbocycles. The molecule has 4 heteroatoms. The SMILES string of the molecule is CC.CC.O=C(Nc1nccs1)c1ccccc1. The van der Waals surface area contributed by atoms with Gasteiger partial charge in [0.25, 0.3) is 5.91 Å². The van der Waals surface area contributed by atoms with Gasteiger partial charge in [0.1, 0.15) is 0 Å². The van der Waals surface area contributed by atoms with E-state index in [9.17, 15) is 4.79 Å². The van der Waals surface area contributed by atoms with Crippen LogP contribution in [-0.4, -0.2) is 10.9 Å². The molecule has 98 valence electrons. The van der Waals surface area contributed by atoms with Gasteiger partial charge in [-0.15, -0.1) is 11.3 Å². The van der Waals surface area contributed by atoms with Crippen molar-refractivity contribution < 1.29 is 4.79 Å². The van der Waals surface area contributed by atoms with Gasteiger partial charge in [0.05, 0.1) is 0 Å². The first-order valence-corrected chi connectivity index (χ1v) is 7.00. The quantitative estimate of drug-likeness (QED) is 0.870. The Morgan fingerprint density at radius 3 is 2.22 bits per heavy atom. The Hall–Kier alpha value is -1.68. The highest BCUT2D eigenvalue weighted by molar-refractivity contribution is 7.13. The van der Waals surface area contributed by atoms with Crippen LogP contribution >= 0.6 is 11.3 Å². The number of anilines is 1. The summed E-state index contributed by atoms with van der Waals surface area (Å²) in [4.78, 5) is 15.5. The van der Waals surface area contributed by atoms with Crippen LogP contribution in [-0.2, 0) is 0 Å². The van der Waals surface area contributed by atoms with Gasteiger partial charge in [-0.25, -0.2) is 4.98 Å². The van der Waals surface area contributed by atoms with Crippen LogP contribution in [0.5, 0.6) is 0 Å². The number of carbonyl (C=O) groups excluding carboxylic acids is 1. The molecular formula is C14H20N2OS. The summed E-state index contributed by atoms with van der Waals surface area (Å²) in [5.74, 6) is -0.124. The Bertz CT molecular complexity index is 413. The standard InChI is InChI=1S/C10H8N2OS.2C2H6/c13-9(8-4-2-1-3-5-8)12-10-11-6-7-14-10;2*1-2/h1-7H,(H,11,12,13);2*1-2H3. The van der Waals surface area contributed by atoms with Crippen LogP contribution in [0.1, 0.15) is 38.1 Å². The maximum absolute atomic E-state index is 11.6. The zero-order chi connectivity index (χ0) is 13.8. The summed E-state index contributed by atoms with van der Waals surface area (Å²) in [5, 5.41) is 5.15. The topological polar surface area (TPSA) is 42.0 Å². The van der Waals surface area contributed by atoms with Crippen LogP contribution < -0.4 is 5.32 Å². The lowest BCUT2D eigenvalue weighted by molar-refractivity contribution is 0.102. The molecule has 0 saturated heterocycles. The number of benzene rings is 1. The summed E-state index contributed by atoms with van der Waals surface area (Å²) in [6.45, 7) is 8.00. The van der Waals surface area contributed by atoms with Crippen LogP contribution in [0.3, 0.4) is 0 Å². The van der Waals surface area contributed by atoms with Crippen molar-refractivity contribution in [2.75, 3.05) is 5.32 Å². The maximum atomic E-state index is 11.6. The van der Waals surface area contributed by atoms with E-state index in [1.54, 1.807) is 18.3 Å². The van der Waals surface area contributed by atoms with Gasteiger partial charge in [-0.3, -0.25) is 10.1 Å². The largest absolute Gasteiger partial charge is 0.298 e. The number of nitrogens with zero attached hydrogens (tertiary/aromatic N) is 1. The second kappa shape index (κ2) is 10.5. The Kier molecular flexibility index (Phi) is 9.50. The lowest BCUT2D eigenvalue weighted by Gasteiger charge is -1.99. The van der Waals surface area contributed by atoms with Gasteiger partial charge in [-0.1, -0.05) is 45.9 Å². The minimum Gasteiger partial charge on any atom is -0.298 e. The highest BCUT2D eigenvalue weighted by Crippen LogP contribution is 2.11. The van der Waals surface area contributed by atoms with Gasteiger partial charge in [0.2, 0.25) is 0 Å². The summed E-state index contributed by atoms with van der Waals surface area (Å²) in [5.41, 5.74) is 0.641. The third-order valence-electron chi connectivity index (χ3n) is 1.69. The summed E-state index contributed by atoms with van der Waals surface area (Å²) in [6, 6.07) is 9.07. The highest BCUT2D eigenvalue weighted by atomic mass is 32.1.